The zero-order chi connectivity index (χ0) is 11.3. The van der Waals surface area contributed by atoms with Crippen LogP contribution in [0.15, 0.2) is 24.3 Å². The standard InChI is InChI=1S/C13H21NO/c1-5-15-13-8-6-7-12(9-13)14-11(4)10(2)3/h6-11,14H,5H2,1-4H3/t11-/m0/s1. The molecule has 0 amide bonds. The zero-order valence-electron chi connectivity index (χ0n) is 10.1. The lowest BCUT2D eigenvalue weighted by molar-refractivity contribution is 0.340. The van der Waals surface area contributed by atoms with Gasteiger partial charge in [-0.3, -0.25) is 0 Å². The lowest BCUT2D eigenvalue weighted by Gasteiger charge is -2.19. The second-order valence-corrected chi connectivity index (χ2v) is 4.14. The van der Waals surface area contributed by atoms with Crippen LogP contribution in [-0.4, -0.2) is 12.6 Å². The lowest BCUT2D eigenvalue weighted by Crippen LogP contribution is -2.21. The van der Waals surface area contributed by atoms with Crippen molar-refractivity contribution in [3.05, 3.63) is 24.3 Å². The van der Waals surface area contributed by atoms with Gasteiger partial charge in [0, 0.05) is 17.8 Å². The maximum Gasteiger partial charge on any atom is 0.121 e. The van der Waals surface area contributed by atoms with Crippen molar-refractivity contribution in [2.45, 2.75) is 33.7 Å². The van der Waals surface area contributed by atoms with Gasteiger partial charge in [-0.25, -0.2) is 0 Å². The molecular formula is C13H21NO. The Morgan fingerprint density at radius 2 is 2.00 bits per heavy atom. The summed E-state index contributed by atoms with van der Waals surface area (Å²) in [5.74, 6) is 1.55. The number of benzene rings is 1. The molecule has 0 radical (unpaired) electrons. The summed E-state index contributed by atoms with van der Waals surface area (Å²) in [5.41, 5.74) is 1.13. The summed E-state index contributed by atoms with van der Waals surface area (Å²) in [6, 6.07) is 8.58. The average Bonchev–Trinajstić information content (AvgIpc) is 2.18. The second-order valence-electron chi connectivity index (χ2n) is 4.14. The summed E-state index contributed by atoms with van der Waals surface area (Å²) in [7, 11) is 0. The van der Waals surface area contributed by atoms with E-state index in [1.54, 1.807) is 0 Å². The molecular weight excluding hydrogens is 186 g/mol. The van der Waals surface area contributed by atoms with Crippen LogP contribution in [0.5, 0.6) is 5.75 Å². The van der Waals surface area contributed by atoms with Crippen molar-refractivity contribution in [2.75, 3.05) is 11.9 Å². The Morgan fingerprint density at radius 1 is 1.27 bits per heavy atom. The van der Waals surface area contributed by atoms with E-state index in [-0.39, 0.29) is 0 Å². The maximum atomic E-state index is 5.45. The average molecular weight is 207 g/mol. The van der Waals surface area contributed by atoms with Crippen LogP contribution in [0.25, 0.3) is 0 Å². The van der Waals surface area contributed by atoms with E-state index in [1.165, 1.54) is 0 Å². The summed E-state index contributed by atoms with van der Waals surface area (Å²) in [5, 5.41) is 3.46. The third-order valence-corrected chi connectivity index (χ3v) is 2.54. The van der Waals surface area contributed by atoms with Crippen LogP contribution in [0, 0.1) is 5.92 Å². The highest BCUT2D eigenvalue weighted by molar-refractivity contribution is 5.48. The number of hydrogen-bond acceptors (Lipinski definition) is 2. The SMILES string of the molecule is CCOc1cccc(N[C@@H](C)C(C)C)c1. The van der Waals surface area contributed by atoms with Crippen molar-refractivity contribution in [3.63, 3.8) is 0 Å². The number of hydrogen-bond donors (Lipinski definition) is 1. The van der Waals surface area contributed by atoms with Gasteiger partial charge in [-0.15, -0.1) is 0 Å². The largest absolute Gasteiger partial charge is 0.494 e. The highest BCUT2D eigenvalue weighted by Crippen LogP contribution is 2.19. The third-order valence-electron chi connectivity index (χ3n) is 2.54. The first kappa shape index (κ1) is 11.9. The van der Waals surface area contributed by atoms with Crippen molar-refractivity contribution < 1.29 is 4.74 Å². The molecule has 0 spiro atoms. The molecule has 15 heavy (non-hydrogen) atoms. The smallest absolute Gasteiger partial charge is 0.121 e. The molecule has 0 fully saturated rings. The van der Waals surface area contributed by atoms with E-state index in [1.807, 2.05) is 25.1 Å². The second kappa shape index (κ2) is 5.64. The molecule has 0 aliphatic heterocycles. The van der Waals surface area contributed by atoms with E-state index >= 15 is 0 Å². The van der Waals surface area contributed by atoms with Gasteiger partial charge in [-0.2, -0.15) is 0 Å². The van der Waals surface area contributed by atoms with Gasteiger partial charge in [0.05, 0.1) is 6.61 Å². The Bertz CT molecular complexity index is 296. The molecule has 0 saturated heterocycles. The van der Waals surface area contributed by atoms with Gasteiger partial charge in [-0.05, 0) is 31.9 Å². The highest BCUT2D eigenvalue weighted by atomic mass is 16.5. The fourth-order valence-corrected chi connectivity index (χ4v) is 1.27. The molecule has 1 N–H and O–H groups in total. The normalized spacial score (nSPS) is 12.6. The number of anilines is 1. The molecule has 0 heterocycles. The molecule has 0 aromatic heterocycles. The van der Waals surface area contributed by atoms with Crippen LogP contribution in [0.2, 0.25) is 0 Å². The quantitative estimate of drug-likeness (QED) is 0.797. The van der Waals surface area contributed by atoms with E-state index < -0.39 is 0 Å². The van der Waals surface area contributed by atoms with Crippen molar-refractivity contribution in [1.82, 2.24) is 0 Å². The molecule has 0 aliphatic carbocycles. The summed E-state index contributed by atoms with van der Waals surface area (Å²) < 4.78 is 5.45. The Kier molecular flexibility index (Phi) is 4.47. The minimum atomic E-state index is 0.474. The van der Waals surface area contributed by atoms with Crippen LogP contribution in [-0.2, 0) is 0 Å². The molecule has 0 aliphatic rings. The van der Waals surface area contributed by atoms with Gasteiger partial charge in [0.1, 0.15) is 5.75 Å². The Hall–Kier alpha value is -1.18. The third kappa shape index (κ3) is 3.82. The molecule has 1 aromatic carbocycles. The fourth-order valence-electron chi connectivity index (χ4n) is 1.27. The molecule has 1 aromatic rings. The van der Waals surface area contributed by atoms with Gasteiger partial charge in [0.15, 0.2) is 0 Å². The lowest BCUT2D eigenvalue weighted by atomic mass is 10.1. The summed E-state index contributed by atoms with van der Waals surface area (Å²) in [6.07, 6.45) is 0. The van der Waals surface area contributed by atoms with Crippen LogP contribution in [0.3, 0.4) is 0 Å². The molecule has 1 rings (SSSR count). The zero-order valence-corrected chi connectivity index (χ0v) is 10.1. The van der Waals surface area contributed by atoms with Crippen LogP contribution in [0.1, 0.15) is 27.7 Å². The number of nitrogens with one attached hydrogen (secondary N) is 1. The first-order chi connectivity index (χ1) is 7.13. The molecule has 2 heteroatoms. The predicted octanol–water partition coefficient (Wildman–Crippen LogP) is 3.54. The summed E-state index contributed by atoms with van der Waals surface area (Å²) in [6.45, 7) is 9.33. The maximum absolute atomic E-state index is 5.45. The van der Waals surface area contributed by atoms with Crippen LogP contribution < -0.4 is 10.1 Å². The molecule has 1 atom stereocenters. The van der Waals surface area contributed by atoms with Gasteiger partial charge < -0.3 is 10.1 Å². The first-order valence-corrected chi connectivity index (χ1v) is 5.63. The van der Waals surface area contributed by atoms with Crippen molar-refractivity contribution >= 4 is 5.69 Å². The molecule has 0 bridgehead atoms. The van der Waals surface area contributed by atoms with Crippen LogP contribution >= 0.6 is 0 Å². The van der Waals surface area contributed by atoms with Gasteiger partial charge in [-0.1, -0.05) is 19.9 Å². The topological polar surface area (TPSA) is 21.3 Å². The van der Waals surface area contributed by atoms with Gasteiger partial charge >= 0.3 is 0 Å². The molecule has 84 valence electrons. The number of rotatable bonds is 5. The van der Waals surface area contributed by atoms with Crippen LogP contribution in [0.4, 0.5) is 5.69 Å². The van der Waals surface area contributed by atoms with E-state index in [0.29, 0.717) is 18.6 Å². The first-order valence-electron chi connectivity index (χ1n) is 5.63. The van der Waals surface area contributed by atoms with Crippen molar-refractivity contribution in [3.8, 4) is 5.75 Å². The molecule has 0 unspecified atom stereocenters. The van der Waals surface area contributed by atoms with Crippen molar-refractivity contribution in [2.24, 2.45) is 5.92 Å². The highest BCUT2D eigenvalue weighted by Gasteiger charge is 2.06. The van der Waals surface area contributed by atoms with Gasteiger partial charge in [0.2, 0.25) is 0 Å². The Balaban J connectivity index is 2.64. The van der Waals surface area contributed by atoms with E-state index in [4.69, 9.17) is 4.74 Å². The summed E-state index contributed by atoms with van der Waals surface area (Å²) in [4.78, 5) is 0. The minimum absolute atomic E-state index is 0.474. The van der Waals surface area contributed by atoms with Crippen molar-refractivity contribution in [1.29, 1.82) is 0 Å². The monoisotopic (exact) mass is 207 g/mol. The van der Waals surface area contributed by atoms with E-state index in [0.717, 1.165) is 11.4 Å². The fraction of sp³-hybridized carbons (Fsp3) is 0.538. The van der Waals surface area contributed by atoms with E-state index in [9.17, 15) is 0 Å². The molecule has 0 saturated carbocycles. The Morgan fingerprint density at radius 3 is 2.60 bits per heavy atom. The van der Waals surface area contributed by atoms with E-state index in [2.05, 4.69) is 32.2 Å². The predicted molar refractivity (Wildman–Crippen MR) is 65.5 cm³/mol. The molecule has 2 nitrogen and oxygen atoms in total. The number of ether oxygens (including phenoxy) is 1. The van der Waals surface area contributed by atoms with Gasteiger partial charge in [0.25, 0.3) is 0 Å². The minimum Gasteiger partial charge on any atom is -0.494 e. The summed E-state index contributed by atoms with van der Waals surface area (Å²) >= 11 is 0. The Labute approximate surface area is 92.6 Å².